The first kappa shape index (κ1) is 17.9. The molecule has 4 nitrogen and oxygen atoms in total. The quantitative estimate of drug-likeness (QED) is 0.813. The summed E-state index contributed by atoms with van der Waals surface area (Å²) in [4.78, 5) is 3.46. The molecule has 0 spiro atoms. The van der Waals surface area contributed by atoms with E-state index in [0.717, 1.165) is 23.0 Å². The molecule has 1 aromatic carbocycles. The highest BCUT2D eigenvalue weighted by molar-refractivity contribution is 7.94. The minimum absolute atomic E-state index is 0.0505. The third-order valence-electron chi connectivity index (χ3n) is 5.45. The number of sulfonamides is 1. The van der Waals surface area contributed by atoms with Gasteiger partial charge in [-0.1, -0.05) is 32.9 Å². The van der Waals surface area contributed by atoms with Gasteiger partial charge < -0.3 is 4.90 Å². The largest absolute Gasteiger partial charge is 0.367 e. The van der Waals surface area contributed by atoms with Crippen LogP contribution < -0.4 is 9.62 Å². The van der Waals surface area contributed by atoms with Gasteiger partial charge in [0.2, 0.25) is 0 Å². The van der Waals surface area contributed by atoms with Gasteiger partial charge in [0.1, 0.15) is 4.21 Å². The SMILES string of the molecule is CC(C)(C)c1ccc(S(=O)(=O)Nc2ccccc2N2CC3CCC2C3)s1. The van der Waals surface area contributed by atoms with Gasteiger partial charge in [-0.3, -0.25) is 4.72 Å². The number of thiophene rings is 1. The molecule has 26 heavy (non-hydrogen) atoms. The molecule has 2 aromatic rings. The van der Waals surface area contributed by atoms with Crippen LogP contribution in [0, 0.1) is 5.92 Å². The zero-order valence-electron chi connectivity index (χ0n) is 15.5. The molecular formula is C20H26N2O2S2. The van der Waals surface area contributed by atoms with Crippen LogP contribution in [-0.2, 0) is 15.4 Å². The van der Waals surface area contributed by atoms with Crippen molar-refractivity contribution in [3.05, 3.63) is 41.3 Å². The minimum Gasteiger partial charge on any atom is -0.367 e. The lowest BCUT2D eigenvalue weighted by molar-refractivity contribution is 0.554. The number of nitrogens with zero attached hydrogens (tertiary/aromatic N) is 1. The van der Waals surface area contributed by atoms with Crippen LogP contribution in [-0.4, -0.2) is 21.0 Å². The number of hydrogen-bond donors (Lipinski definition) is 1. The predicted octanol–water partition coefficient (Wildman–Crippen LogP) is 4.84. The van der Waals surface area contributed by atoms with Crippen molar-refractivity contribution >= 4 is 32.7 Å². The molecular weight excluding hydrogens is 364 g/mol. The van der Waals surface area contributed by atoms with E-state index in [9.17, 15) is 8.42 Å². The Hall–Kier alpha value is -1.53. The fraction of sp³-hybridized carbons (Fsp3) is 0.500. The van der Waals surface area contributed by atoms with Gasteiger partial charge in [-0.2, -0.15) is 0 Å². The van der Waals surface area contributed by atoms with Crippen molar-refractivity contribution in [1.29, 1.82) is 0 Å². The van der Waals surface area contributed by atoms with Gasteiger partial charge in [0.05, 0.1) is 11.4 Å². The van der Waals surface area contributed by atoms with Crippen molar-refractivity contribution in [2.45, 2.75) is 55.7 Å². The zero-order valence-corrected chi connectivity index (χ0v) is 17.2. The molecule has 1 aliphatic heterocycles. The maximum atomic E-state index is 12.9. The first-order chi connectivity index (χ1) is 12.2. The summed E-state index contributed by atoms with van der Waals surface area (Å²) in [6.07, 6.45) is 3.76. The van der Waals surface area contributed by atoms with Crippen molar-refractivity contribution in [2.24, 2.45) is 5.92 Å². The fourth-order valence-electron chi connectivity index (χ4n) is 4.09. The van der Waals surface area contributed by atoms with Crippen LogP contribution in [0.4, 0.5) is 11.4 Å². The van der Waals surface area contributed by atoms with Crippen molar-refractivity contribution in [1.82, 2.24) is 0 Å². The van der Waals surface area contributed by atoms with Crippen molar-refractivity contribution in [3.8, 4) is 0 Å². The standard InChI is InChI=1S/C20H26N2O2S2/c1-20(2,3)18-10-11-19(25-18)26(23,24)21-16-6-4-5-7-17(16)22-13-14-8-9-15(22)12-14/h4-7,10-11,14-15,21H,8-9,12-13H2,1-3H3. The van der Waals surface area contributed by atoms with Crippen LogP contribution in [0.2, 0.25) is 0 Å². The third kappa shape index (κ3) is 3.25. The normalized spacial score (nSPS) is 22.8. The summed E-state index contributed by atoms with van der Waals surface area (Å²) in [6.45, 7) is 7.33. The van der Waals surface area contributed by atoms with E-state index in [0.29, 0.717) is 15.9 Å². The van der Waals surface area contributed by atoms with Crippen LogP contribution >= 0.6 is 11.3 Å². The van der Waals surface area contributed by atoms with Gasteiger partial charge in [0.15, 0.2) is 0 Å². The molecule has 1 aromatic heterocycles. The lowest BCUT2D eigenvalue weighted by Crippen LogP contribution is -2.32. The summed E-state index contributed by atoms with van der Waals surface area (Å²) < 4.78 is 29.1. The molecule has 0 radical (unpaired) electrons. The fourth-order valence-corrected chi connectivity index (χ4v) is 6.53. The lowest BCUT2D eigenvalue weighted by atomic mass is 9.95. The van der Waals surface area contributed by atoms with E-state index < -0.39 is 10.0 Å². The van der Waals surface area contributed by atoms with E-state index in [2.05, 4.69) is 30.4 Å². The highest BCUT2D eigenvalue weighted by Gasteiger charge is 2.38. The predicted molar refractivity (Wildman–Crippen MR) is 109 cm³/mol. The summed E-state index contributed by atoms with van der Waals surface area (Å²) in [7, 11) is -3.58. The summed E-state index contributed by atoms with van der Waals surface area (Å²) in [5, 5.41) is 0. The summed E-state index contributed by atoms with van der Waals surface area (Å²) >= 11 is 1.35. The average molecular weight is 391 g/mol. The Labute approximate surface area is 160 Å². The second-order valence-electron chi connectivity index (χ2n) is 8.48. The van der Waals surface area contributed by atoms with Crippen molar-refractivity contribution in [2.75, 3.05) is 16.2 Å². The van der Waals surface area contributed by atoms with Gasteiger partial charge in [0, 0.05) is 17.5 Å². The molecule has 6 heteroatoms. The Morgan fingerprint density at radius 3 is 2.50 bits per heavy atom. The van der Waals surface area contributed by atoms with Crippen molar-refractivity contribution < 1.29 is 8.42 Å². The Morgan fingerprint density at radius 1 is 1.12 bits per heavy atom. The molecule has 2 fully saturated rings. The first-order valence-corrected chi connectivity index (χ1v) is 11.5. The maximum absolute atomic E-state index is 12.9. The molecule has 1 saturated heterocycles. The van der Waals surface area contributed by atoms with Gasteiger partial charge in [-0.15, -0.1) is 11.3 Å². The monoisotopic (exact) mass is 390 g/mol. The highest BCUT2D eigenvalue weighted by atomic mass is 32.2. The minimum atomic E-state index is -3.58. The first-order valence-electron chi connectivity index (χ1n) is 9.23. The topological polar surface area (TPSA) is 49.4 Å². The molecule has 0 amide bonds. The van der Waals surface area contributed by atoms with E-state index >= 15 is 0 Å². The second kappa shape index (κ2) is 6.27. The lowest BCUT2D eigenvalue weighted by Gasteiger charge is -2.31. The maximum Gasteiger partial charge on any atom is 0.271 e. The van der Waals surface area contributed by atoms with Gasteiger partial charge in [0.25, 0.3) is 10.0 Å². The number of fused-ring (bicyclic) bond motifs is 2. The van der Waals surface area contributed by atoms with Gasteiger partial charge in [-0.05, 0) is 54.9 Å². The number of para-hydroxylation sites is 2. The zero-order chi connectivity index (χ0) is 18.5. The summed E-state index contributed by atoms with van der Waals surface area (Å²) in [6, 6.07) is 12.0. The number of anilines is 2. The molecule has 2 heterocycles. The Kier molecular flexibility index (Phi) is 4.31. The van der Waals surface area contributed by atoms with Crippen molar-refractivity contribution in [3.63, 3.8) is 0 Å². The molecule has 1 N–H and O–H groups in total. The van der Waals surface area contributed by atoms with E-state index in [-0.39, 0.29) is 5.41 Å². The summed E-state index contributed by atoms with van der Waals surface area (Å²) in [5.41, 5.74) is 1.65. The number of piperidine rings is 1. The molecule has 2 bridgehead atoms. The number of hydrogen-bond acceptors (Lipinski definition) is 4. The van der Waals surface area contributed by atoms with E-state index in [1.165, 1.54) is 30.6 Å². The van der Waals surface area contributed by atoms with Crippen LogP contribution in [0.25, 0.3) is 0 Å². The van der Waals surface area contributed by atoms with Crippen LogP contribution in [0.3, 0.4) is 0 Å². The van der Waals surface area contributed by atoms with Crippen LogP contribution in [0.1, 0.15) is 44.9 Å². The van der Waals surface area contributed by atoms with Crippen LogP contribution in [0.15, 0.2) is 40.6 Å². The second-order valence-corrected chi connectivity index (χ2v) is 11.5. The number of benzene rings is 1. The molecule has 2 aliphatic rings. The molecule has 140 valence electrons. The van der Waals surface area contributed by atoms with E-state index in [4.69, 9.17) is 0 Å². The molecule has 2 atom stereocenters. The van der Waals surface area contributed by atoms with Crippen LogP contribution in [0.5, 0.6) is 0 Å². The molecule has 2 unspecified atom stereocenters. The number of rotatable bonds is 4. The Balaban J connectivity index is 1.62. The smallest absolute Gasteiger partial charge is 0.271 e. The molecule has 1 aliphatic carbocycles. The number of nitrogens with one attached hydrogen (secondary N) is 1. The Bertz CT molecular complexity index is 912. The highest BCUT2D eigenvalue weighted by Crippen LogP contribution is 2.43. The van der Waals surface area contributed by atoms with Gasteiger partial charge >= 0.3 is 0 Å². The Morgan fingerprint density at radius 2 is 1.88 bits per heavy atom. The third-order valence-corrected chi connectivity index (χ3v) is 8.82. The van der Waals surface area contributed by atoms with E-state index in [1.54, 1.807) is 6.07 Å². The summed E-state index contributed by atoms with van der Waals surface area (Å²) in [5.74, 6) is 0.760. The van der Waals surface area contributed by atoms with E-state index in [1.807, 2.05) is 30.3 Å². The molecule has 1 saturated carbocycles. The van der Waals surface area contributed by atoms with Gasteiger partial charge in [-0.25, -0.2) is 8.42 Å². The molecule has 4 rings (SSSR count). The average Bonchev–Trinajstić information content (AvgIpc) is 3.30.